The fourth-order valence-electron chi connectivity index (χ4n) is 2.57. The molecule has 1 atom stereocenters. The molecule has 1 aromatic carbocycles. The van der Waals surface area contributed by atoms with Crippen LogP contribution in [0.25, 0.3) is 22.2 Å². The SMILES string of the molecule is CCCS(=O)(=O)C(C)C(=O)Nc1nc(-c2c[nH]c3ccccc23)cs1. The first-order chi connectivity index (χ1) is 11.9. The van der Waals surface area contributed by atoms with Crippen molar-refractivity contribution in [1.29, 1.82) is 0 Å². The van der Waals surface area contributed by atoms with E-state index in [1.807, 2.05) is 35.8 Å². The van der Waals surface area contributed by atoms with E-state index in [4.69, 9.17) is 0 Å². The van der Waals surface area contributed by atoms with Gasteiger partial charge in [0.15, 0.2) is 15.0 Å². The number of benzene rings is 1. The lowest BCUT2D eigenvalue weighted by Gasteiger charge is -2.11. The second-order valence-electron chi connectivity index (χ2n) is 5.78. The van der Waals surface area contributed by atoms with Crippen molar-refractivity contribution in [3.05, 3.63) is 35.8 Å². The molecule has 0 aliphatic heterocycles. The third-order valence-corrected chi connectivity index (χ3v) is 7.02. The Morgan fingerprint density at radius 3 is 2.88 bits per heavy atom. The maximum Gasteiger partial charge on any atom is 0.244 e. The Labute approximate surface area is 150 Å². The van der Waals surface area contributed by atoms with Crippen molar-refractivity contribution in [3.63, 3.8) is 0 Å². The summed E-state index contributed by atoms with van der Waals surface area (Å²) in [5.41, 5.74) is 2.69. The smallest absolute Gasteiger partial charge is 0.244 e. The Bertz CT molecular complexity index is 1010. The number of H-pyrrole nitrogens is 1. The molecule has 25 heavy (non-hydrogen) atoms. The van der Waals surface area contributed by atoms with Crippen molar-refractivity contribution in [2.75, 3.05) is 11.1 Å². The summed E-state index contributed by atoms with van der Waals surface area (Å²) in [6.07, 6.45) is 2.36. The molecule has 2 aromatic heterocycles. The number of hydrogen-bond acceptors (Lipinski definition) is 5. The van der Waals surface area contributed by atoms with Crippen molar-refractivity contribution < 1.29 is 13.2 Å². The van der Waals surface area contributed by atoms with E-state index >= 15 is 0 Å². The molecule has 0 saturated carbocycles. The van der Waals surface area contributed by atoms with Crippen molar-refractivity contribution in [2.45, 2.75) is 25.5 Å². The van der Waals surface area contributed by atoms with Gasteiger partial charge in [-0.05, 0) is 19.4 Å². The quantitative estimate of drug-likeness (QED) is 0.688. The molecular weight excluding hydrogens is 358 g/mol. The molecule has 8 heteroatoms. The van der Waals surface area contributed by atoms with Crippen LogP contribution in [0.4, 0.5) is 5.13 Å². The second kappa shape index (κ2) is 6.97. The topological polar surface area (TPSA) is 91.9 Å². The van der Waals surface area contributed by atoms with E-state index in [1.165, 1.54) is 18.3 Å². The number of fused-ring (bicyclic) bond motifs is 1. The van der Waals surface area contributed by atoms with E-state index in [0.29, 0.717) is 11.6 Å². The predicted octanol–water partition coefficient (Wildman–Crippen LogP) is 3.44. The minimum absolute atomic E-state index is 0.0000447. The fraction of sp³-hybridized carbons (Fsp3) is 0.294. The van der Waals surface area contributed by atoms with Crippen LogP contribution in [0.5, 0.6) is 0 Å². The summed E-state index contributed by atoms with van der Waals surface area (Å²) in [6.45, 7) is 3.19. The number of sulfone groups is 1. The largest absolute Gasteiger partial charge is 0.360 e. The lowest BCUT2D eigenvalue weighted by Crippen LogP contribution is -2.34. The number of aromatic amines is 1. The van der Waals surface area contributed by atoms with Gasteiger partial charge in [-0.2, -0.15) is 0 Å². The summed E-state index contributed by atoms with van der Waals surface area (Å²) >= 11 is 1.27. The highest BCUT2D eigenvalue weighted by atomic mass is 32.2. The zero-order chi connectivity index (χ0) is 18.0. The summed E-state index contributed by atoms with van der Waals surface area (Å²) in [5, 5.41) is 4.81. The maximum atomic E-state index is 12.2. The standard InChI is InChI=1S/C17H19N3O3S2/c1-3-8-25(22,23)11(2)16(21)20-17-19-15(10-24-17)13-9-18-14-7-5-4-6-12(13)14/h4-7,9-11,18H,3,8H2,1-2H3,(H,19,20,21). The van der Waals surface area contributed by atoms with E-state index in [9.17, 15) is 13.2 Å². The molecule has 0 bridgehead atoms. The molecule has 0 spiro atoms. The number of carbonyl (C=O) groups is 1. The van der Waals surface area contributed by atoms with Crippen LogP contribution >= 0.6 is 11.3 Å². The van der Waals surface area contributed by atoms with Gasteiger partial charge >= 0.3 is 0 Å². The van der Waals surface area contributed by atoms with Gasteiger partial charge in [-0.1, -0.05) is 25.1 Å². The molecule has 0 aliphatic rings. The van der Waals surface area contributed by atoms with Crippen LogP contribution < -0.4 is 5.32 Å². The zero-order valence-electron chi connectivity index (χ0n) is 13.9. The average molecular weight is 377 g/mol. The van der Waals surface area contributed by atoms with Gasteiger partial charge in [0.05, 0.1) is 11.4 Å². The summed E-state index contributed by atoms with van der Waals surface area (Å²) in [7, 11) is -3.44. The third-order valence-electron chi connectivity index (χ3n) is 4.00. The molecule has 3 rings (SSSR count). The van der Waals surface area contributed by atoms with Gasteiger partial charge in [-0.3, -0.25) is 4.79 Å². The van der Waals surface area contributed by atoms with Crippen LogP contribution in [0, 0.1) is 0 Å². The highest BCUT2D eigenvalue weighted by Gasteiger charge is 2.27. The molecule has 0 fully saturated rings. The Kier molecular flexibility index (Phi) is 4.91. The number of aromatic nitrogens is 2. The number of amides is 1. The molecule has 0 saturated heterocycles. The average Bonchev–Trinajstić information content (AvgIpc) is 3.20. The molecule has 1 amide bonds. The number of nitrogens with zero attached hydrogens (tertiary/aromatic N) is 1. The van der Waals surface area contributed by atoms with Crippen molar-refractivity contribution >= 4 is 43.1 Å². The molecule has 6 nitrogen and oxygen atoms in total. The summed E-state index contributed by atoms with van der Waals surface area (Å²) in [6, 6.07) is 7.88. The predicted molar refractivity (Wildman–Crippen MR) is 102 cm³/mol. The number of hydrogen-bond donors (Lipinski definition) is 2. The number of thiazole rings is 1. The van der Waals surface area contributed by atoms with Crippen LogP contribution in [0.3, 0.4) is 0 Å². The van der Waals surface area contributed by atoms with Crippen LogP contribution in [-0.2, 0) is 14.6 Å². The van der Waals surface area contributed by atoms with Gasteiger partial charge in [0.25, 0.3) is 0 Å². The number of rotatable bonds is 6. The van der Waals surface area contributed by atoms with Crippen molar-refractivity contribution in [3.8, 4) is 11.3 Å². The molecule has 132 valence electrons. The van der Waals surface area contributed by atoms with E-state index in [2.05, 4.69) is 15.3 Å². The monoisotopic (exact) mass is 377 g/mol. The molecule has 3 aromatic rings. The molecule has 1 unspecified atom stereocenters. The summed E-state index contributed by atoms with van der Waals surface area (Å²) < 4.78 is 24.0. The summed E-state index contributed by atoms with van der Waals surface area (Å²) in [5.74, 6) is -0.548. The Morgan fingerprint density at radius 2 is 2.12 bits per heavy atom. The first-order valence-electron chi connectivity index (χ1n) is 7.97. The van der Waals surface area contributed by atoms with Gasteiger partial charge in [0.2, 0.25) is 5.91 Å². The number of para-hydroxylation sites is 1. The van der Waals surface area contributed by atoms with E-state index in [1.54, 1.807) is 6.92 Å². The highest BCUT2D eigenvalue weighted by molar-refractivity contribution is 7.92. The first-order valence-corrected chi connectivity index (χ1v) is 10.6. The number of carbonyl (C=O) groups excluding carboxylic acids is 1. The Hall–Kier alpha value is -2.19. The lowest BCUT2D eigenvalue weighted by molar-refractivity contribution is -0.115. The lowest BCUT2D eigenvalue weighted by atomic mass is 10.1. The van der Waals surface area contributed by atoms with Gasteiger partial charge in [0.1, 0.15) is 5.25 Å². The van der Waals surface area contributed by atoms with E-state index in [0.717, 1.165) is 22.2 Å². The van der Waals surface area contributed by atoms with E-state index in [-0.39, 0.29) is 5.75 Å². The van der Waals surface area contributed by atoms with Crippen LogP contribution in [0.1, 0.15) is 20.3 Å². The Morgan fingerprint density at radius 1 is 1.36 bits per heavy atom. The van der Waals surface area contributed by atoms with Gasteiger partial charge in [-0.15, -0.1) is 11.3 Å². The minimum atomic E-state index is -3.44. The molecular formula is C17H19N3O3S2. The van der Waals surface area contributed by atoms with Crippen LogP contribution in [-0.4, -0.2) is 35.3 Å². The van der Waals surface area contributed by atoms with Gasteiger partial charge in [0, 0.05) is 28.0 Å². The molecule has 0 radical (unpaired) electrons. The number of anilines is 1. The first kappa shape index (κ1) is 17.6. The second-order valence-corrected chi connectivity index (χ2v) is 9.08. The molecule has 2 heterocycles. The van der Waals surface area contributed by atoms with Gasteiger partial charge < -0.3 is 10.3 Å². The zero-order valence-corrected chi connectivity index (χ0v) is 15.6. The van der Waals surface area contributed by atoms with Crippen molar-refractivity contribution in [2.24, 2.45) is 0 Å². The number of nitrogens with one attached hydrogen (secondary N) is 2. The Balaban J connectivity index is 1.79. The third kappa shape index (κ3) is 3.59. The fourth-order valence-corrected chi connectivity index (χ4v) is 4.59. The minimum Gasteiger partial charge on any atom is -0.360 e. The molecule has 2 N–H and O–H groups in total. The van der Waals surface area contributed by atoms with Crippen molar-refractivity contribution in [1.82, 2.24) is 9.97 Å². The maximum absolute atomic E-state index is 12.2. The van der Waals surface area contributed by atoms with Crippen LogP contribution in [0.15, 0.2) is 35.8 Å². The summed E-state index contributed by atoms with van der Waals surface area (Å²) in [4.78, 5) is 19.8. The van der Waals surface area contributed by atoms with Gasteiger partial charge in [-0.25, -0.2) is 13.4 Å². The van der Waals surface area contributed by atoms with Crippen LogP contribution in [0.2, 0.25) is 0 Å². The highest BCUT2D eigenvalue weighted by Crippen LogP contribution is 2.31. The van der Waals surface area contributed by atoms with E-state index < -0.39 is 21.0 Å². The molecule has 0 aliphatic carbocycles. The normalized spacial score (nSPS) is 13.0.